The van der Waals surface area contributed by atoms with Gasteiger partial charge in [0.15, 0.2) is 0 Å². The molecule has 5 nitrogen and oxygen atoms in total. The molecule has 0 aliphatic heterocycles. The van der Waals surface area contributed by atoms with E-state index in [1.807, 2.05) is 6.07 Å². The number of H-pyrrole nitrogens is 1. The molecule has 0 atom stereocenters. The lowest BCUT2D eigenvalue weighted by Gasteiger charge is -2.35. The fraction of sp³-hybridized carbons (Fsp3) is 0.533. The van der Waals surface area contributed by atoms with Gasteiger partial charge >= 0.3 is 5.97 Å². The van der Waals surface area contributed by atoms with Crippen LogP contribution in [-0.2, 0) is 11.2 Å². The van der Waals surface area contributed by atoms with Gasteiger partial charge in [0.1, 0.15) is 5.82 Å². The van der Waals surface area contributed by atoms with E-state index >= 15 is 0 Å². The van der Waals surface area contributed by atoms with Gasteiger partial charge in [0, 0.05) is 12.6 Å². The first-order valence-electron chi connectivity index (χ1n) is 7.17. The summed E-state index contributed by atoms with van der Waals surface area (Å²) >= 11 is 0. The highest BCUT2D eigenvalue weighted by Gasteiger charge is 2.35. The average molecular weight is 273 g/mol. The van der Waals surface area contributed by atoms with Gasteiger partial charge < -0.3 is 10.1 Å². The Morgan fingerprint density at radius 2 is 2.15 bits per heavy atom. The number of imidazole rings is 1. The molecule has 20 heavy (non-hydrogen) atoms. The number of nitrogens with one attached hydrogen (secondary N) is 1. The third-order valence-electron chi connectivity index (χ3n) is 4.32. The van der Waals surface area contributed by atoms with E-state index in [1.54, 1.807) is 12.4 Å². The molecule has 2 heterocycles. The fourth-order valence-corrected chi connectivity index (χ4v) is 3.39. The summed E-state index contributed by atoms with van der Waals surface area (Å²) in [6.45, 7) is 0. The Bertz CT molecular complexity index is 581. The molecule has 0 saturated heterocycles. The van der Waals surface area contributed by atoms with Crippen LogP contribution >= 0.6 is 0 Å². The van der Waals surface area contributed by atoms with Gasteiger partial charge in [0.25, 0.3) is 0 Å². The molecular formula is C15H19N3O2. The summed E-state index contributed by atoms with van der Waals surface area (Å²) in [5.41, 5.74) is 1.69. The Morgan fingerprint density at radius 1 is 1.35 bits per heavy atom. The summed E-state index contributed by atoms with van der Waals surface area (Å²) in [7, 11) is 0. The van der Waals surface area contributed by atoms with Crippen molar-refractivity contribution in [1.82, 2.24) is 15.0 Å². The lowest BCUT2D eigenvalue weighted by Crippen LogP contribution is -2.30. The Balaban J connectivity index is 1.86. The number of hydrogen-bond donors (Lipinski definition) is 2. The van der Waals surface area contributed by atoms with Crippen LogP contribution in [0.4, 0.5) is 0 Å². The van der Waals surface area contributed by atoms with Crippen LogP contribution < -0.4 is 0 Å². The van der Waals surface area contributed by atoms with Gasteiger partial charge in [0.2, 0.25) is 0 Å². The standard InChI is InChI=1S/C15H19N3O2/c19-14(20)9-15(5-2-1-3-6-15)8-13-17-11-4-7-16-10-12(11)18-13/h4,7,10H,1-3,5-6,8-9H2,(H,17,18)(H,19,20). The van der Waals surface area contributed by atoms with Crippen LogP contribution in [-0.4, -0.2) is 26.0 Å². The quantitative estimate of drug-likeness (QED) is 0.897. The maximum absolute atomic E-state index is 11.2. The summed E-state index contributed by atoms with van der Waals surface area (Å²) < 4.78 is 0. The average Bonchev–Trinajstić information content (AvgIpc) is 2.80. The number of aliphatic carboxylic acids is 1. The van der Waals surface area contributed by atoms with Gasteiger partial charge in [0.05, 0.1) is 23.7 Å². The number of aromatic amines is 1. The minimum Gasteiger partial charge on any atom is -0.481 e. The highest BCUT2D eigenvalue weighted by atomic mass is 16.4. The van der Waals surface area contributed by atoms with Crippen molar-refractivity contribution in [3.63, 3.8) is 0 Å². The number of fused-ring (bicyclic) bond motifs is 1. The molecule has 5 heteroatoms. The van der Waals surface area contributed by atoms with Crippen LogP contribution in [0.25, 0.3) is 11.0 Å². The summed E-state index contributed by atoms with van der Waals surface area (Å²) in [5, 5.41) is 9.21. The molecule has 2 N–H and O–H groups in total. The molecular weight excluding hydrogens is 254 g/mol. The predicted octanol–water partition coefficient (Wildman–Crippen LogP) is 2.93. The van der Waals surface area contributed by atoms with Gasteiger partial charge in [-0.1, -0.05) is 19.3 Å². The molecule has 0 unspecified atom stereocenters. The number of hydrogen-bond acceptors (Lipinski definition) is 3. The van der Waals surface area contributed by atoms with Crippen molar-refractivity contribution in [1.29, 1.82) is 0 Å². The second-order valence-corrected chi connectivity index (χ2v) is 5.88. The van der Waals surface area contributed by atoms with Crippen molar-refractivity contribution in [2.24, 2.45) is 5.41 Å². The number of aromatic nitrogens is 3. The minimum atomic E-state index is -0.704. The van der Waals surface area contributed by atoms with Crippen LogP contribution in [0.1, 0.15) is 44.3 Å². The predicted molar refractivity (Wildman–Crippen MR) is 75.4 cm³/mol. The fourth-order valence-electron chi connectivity index (χ4n) is 3.39. The maximum atomic E-state index is 11.2. The molecule has 1 fully saturated rings. The lowest BCUT2D eigenvalue weighted by molar-refractivity contribution is -0.140. The molecule has 0 radical (unpaired) electrons. The van der Waals surface area contributed by atoms with Crippen molar-refractivity contribution in [2.45, 2.75) is 44.9 Å². The summed E-state index contributed by atoms with van der Waals surface area (Å²) in [6.07, 6.45) is 9.85. The van der Waals surface area contributed by atoms with Crippen LogP contribution in [0, 0.1) is 5.41 Å². The van der Waals surface area contributed by atoms with Crippen molar-refractivity contribution in [3.8, 4) is 0 Å². The third kappa shape index (κ3) is 2.66. The second-order valence-electron chi connectivity index (χ2n) is 5.88. The zero-order valence-corrected chi connectivity index (χ0v) is 11.4. The van der Waals surface area contributed by atoms with E-state index in [1.165, 1.54) is 6.42 Å². The summed E-state index contributed by atoms with van der Waals surface area (Å²) in [6, 6.07) is 1.88. The topological polar surface area (TPSA) is 78.9 Å². The highest BCUT2D eigenvalue weighted by Crippen LogP contribution is 2.41. The van der Waals surface area contributed by atoms with Gasteiger partial charge in [-0.05, 0) is 24.3 Å². The summed E-state index contributed by atoms with van der Waals surface area (Å²) in [4.78, 5) is 23.1. The number of rotatable bonds is 4. The number of nitrogens with zero attached hydrogens (tertiary/aromatic N) is 2. The van der Waals surface area contributed by atoms with E-state index in [-0.39, 0.29) is 11.8 Å². The van der Waals surface area contributed by atoms with E-state index in [0.717, 1.165) is 42.5 Å². The first kappa shape index (κ1) is 13.1. The number of carboxylic acids is 1. The monoisotopic (exact) mass is 273 g/mol. The zero-order chi connectivity index (χ0) is 14.0. The molecule has 106 valence electrons. The van der Waals surface area contributed by atoms with Crippen molar-refractivity contribution in [3.05, 3.63) is 24.3 Å². The van der Waals surface area contributed by atoms with Gasteiger partial charge in [-0.15, -0.1) is 0 Å². The number of carbonyl (C=O) groups is 1. The molecule has 2 aromatic heterocycles. The van der Waals surface area contributed by atoms with Crippen molar-refractivity contribution in [2.75, 3.05) is 0 Å². The first-order chi connectivity index (χ1) is 9.67. The molecule has 3 rings (SSSR count). The Morgan fingerprint density at radius 3 is 2.85 bits per heavy atom. The zero-order valence-electron chi connectivity index (χ0n) is 11.4. The Labute approximate surface area is 117 Å². The normalized spacial score (nSPS) is 18.2. The minimum absolute atomic E-state index is 0.134. The van der Waals surface area contributed by atoms with E-state index in [2.05, 4.69) is 15.0 Å². The van der Waals surface area contributed by atoms with Gasteiger partial charge in [-0.25, -0.2) is 4.98 Å². The lowest BCUT2D eigenvalue weighted by atomic mass is 9.69. The van der Waals surface area contributed by atoms with E-state index in [9.17, 15) is 9.90 Å². The molecule has 1 aliphatic carbocycles. The maximum Gasteiger partial charge on any atom is 0.303 e. The first-order valence-corrected chi connectivity index (χ1v) is 7.17. The van der Waals surface area contributed by atoms with Crippen LogP contribution in [0.2, 0.25) is 0 Å². The van der Waals surface area contributed by atoms with E-state index < -0.39 is 5.97 Å². The Hall–Kier alpha value is -1.91. The largest absolute Gasteiger partial charge is 0.481 e. The molecule has 2 aromatic rings. The molecule has 1 saturated carbocycles. The van der Waals surface area contributed by atoms with Crippen molar-refractivity contribution >= 4 is 17.0 Å². The van der Waals surface area contributed by atoms with E-state index in [4.69, 9.17) is 0 Å². The number of carboxylic acid groups (broad SMARTS) is 1. The highest BCUT2D eigenvalue weighted by molar-refractivity contribution is 5.73. The molecule has 0 aromatic carbocycles. The van der Waals surface area contributed by atoms with Gasteiger partial charge in [-0.3, -0.25) is 9.78 Å². The molecule has 0 bridgehead atoms. The second kappa shape index (κ2) is 5.23. The molecule has 0 amide bonds. The van der Waals surface area contributed by atoms with Crippen LogP contribution in [0.5, 0.6) is 0 Å². The van der Waals surface area contributed by atoms with Crippen molar-refractivity contribution < 1.29 is 9.90 Å². The molecule has 0 spiro atoms. The number of pyridine rings is 1. The van der Waals surface area contributed by atoms with E-state index in [0.29, 0.717) is 6.42 Å². The smallest absolute Gasteiger partial charge is 0.303 e. The third-order valence-corrected chi connectivity index (χ3v) is 4.32. The Kier molecular flexibility index (Phi) is 3.42. The van der Waals surface area contributed by atoms with Crippen LogP contribution in [0.15, 0.2) is 18.5 Å². The molecule has 1 aliphatic rings. The van der Waals surface area contributed by atoms with Crippen LogP contribution in [0.3, 0.4) is 0 Å². The summed E-state index contributed by atoms with van der Waals surface area (Å²) in [5.74, 6) is 0.181. The van der Waals surface area contributed by atoms with Gasteiger partial charge in [-0.2, -0.15) is 0 Å². The SMILES string of the molecule is O=C(O)CC1(Cc2nc3ccncc3[nH]2)CCCCC1.